The SMILES string of the molecule is Cc1cc(C)c(C)c(C(=O)Cc2cnccn2)c1C. The van der Waals surface area contributed by atoms with Crippen molar-refractivity contribution in [3.63, 3.8) is 0 Å². The molecule has 1 heterocycles. The quantitative estimate of drug-likeness (QED) is 0.790. The van der Waals surface area contributed by atoms with E-state index in [0.717, 1.165) is 27.8 Å². The molecule has 2 rings (SSSR count). The van der Waals surface area contributed by atoms with Gasteiger partial charge in [-0.1, -0.05) is 6.07 Å². The predicted molar refractivity (Wildman–Crippen MR) is 75.5 cm³/mol. The third kappa shape index (κ3) is 2.70. The molecule has 0 amide bonds. The molecule has 0 aliphatic heterocycles. The summed E-state index contributed by atoms with van der Waals surface area (Å²) in [5.74, 6) is 0.113. The summed E-state index contributed by atoms with van der Waals surface area (Å²) in [6.07, 6.45) is 5.18. The van der Waals surface area contributed by atoms with Crippen molar-refractivity contribution >= 4 is 5.78 Å². The first-order chi connectivity index (χ1) is 9.00. The second-order valence-electron chi connectivity index (χ2n) is 4.93. The Labute approximate surface area is 113 Å². The number of Topliss-reactive ketones (excluding diaryl/α,β-unsaturated/α-hetero) is 1. The van der Waals surface area contributed by atoms with Gasteiger partial charge in [0.2, 0.25) is 0 Å². The van der Waals surface area contributed by atoms with Crippen LogP contribution in [0.4, 0.5) is 0 Å². The van der Waals surface area contributed by atoms with Gasteiger partial charge >= 0.3 is 0 Å². The van der Waals surface area contributed by atoms with E-state index in [2.05, 4.69) is 16.0 Å². The number of aryl methyl sites for hydroxylation is 2. The maximum Gasteiger partial charge on any atom is 0.169 e. The lowest BCUT2D eigenvalue weighted by molar-refractivity contribution is 0.0990. The van der Waals surface area contributed by atoms with Gasteiger partial charge in [0.05, 0.1) is 12.1 Å². The van der Waals surface area contributed by atoms with Crippen molar-refractivity contribution in [2.24, 2.45) is 0 Å². The maximum atomic E-state index is 12.5. The third-order valence-corrected chi connectivity index (χ3v) is 3.60. The van der Waals surface area contributed by atoms with Crippen LogP contribution in [0.15, 0.2) is 24.7 Å². The van der Waals surface area contributed by atoms with Gasteiger partial charge in [-0.05, 0) is 49.9 Å². The fourth-order valence-corrected chi connectivity index (χ4v) is 2.31. The van der Waals surface area contributed by atoms with E-state index in [0.29, 0.717) is 12.1 Å². The zero-order chi connectivity index (χ0) is 14.0. The van der Waals surface area contributed by atoms with E-state index in [1.54, 1.807) is 18.6 Å². The molecule has 0 aliphatic rings. The Morgan fingerprint density at radius 1 is 1.05 bits per heavy atom. The van der Waals surface area contributed by atoms with Crippen LogP contribution in [0.3, 0.4) is 0 Å². The average Bonchev–Trinajstić information content (AvgIpc) is 2.38. The van der Waals surface area contributed by atoms with Gasteiger partial charge in [-0.3, -0.25) is 14.8 Å². The number of carbonyl (C=O) groups is 1. The minimum Gasteiger partial charge on any atom is -0.294 e. The molecule has 0 fully saturated rings. The summed E-state index contributed by atoms with van der Waals surface area (Å²) in [6.45, 7) is 8.10. The average molecular weight is 254 g/mol. The van der Waals surface area contributed by atoms with Gasteiger partial charge in [-0.15, -0.1) is 0 Å². The number of benzene rings is 1. The molecule has 3 heteroatoms. The van der Waals surface area contributed by atoms with E-state index < -0.39 is 0 Å². The zero-order valence-corrected chi connectivity index (χ0v) is 11.8. The van der Waals surface area contributed by atoms with E-state index in [1.165, 1.54) is 0 Å². The standard InChI is InChI=1S/C16H18N2O/c1-10-7-11(2)13(4)16(12(10)3)15(19)8-14-9-17-5-6-18-14/h5-7,9H,8H2,1-4H3. The number of nitrogens with zero attached hydrogens (tertiary/aromatic N) is 2. The number of carbonyl (C=O) groups excluding carboxylic acids is 1. The largest absolute Gasteiger partial charge is 0.294 e. The normalized spacial score (nSPS) is 10.5. The molecule has 0 spiro atoms. The van der Waals surface area contributed by atoms with Crippen LogP contribution in [0.5, 0.6) is 0 Å². The zero-order valence-electron chi connectivity index (χ0n) is 11.8. The molecule has 0 N–H and O–H groups in total. The number of rotatable bonds is 3. The molecule has 0 unspecified atom stereocenters. The van der Waals surface area contributed by atoms with Crippen LogP contribution in [-0.4, -0.2) is 15.8 Å². The topological polar surface area (TPSA) is 42.9 Å². The first kappa shape index (κ1) is 13.4. The number of hydrogen-bond donors (Lipinski definition) is 0. The summed E-state index contributed by atoms with van der Waals surface area (Å²) < 4.78 is 0. The lowest BCUT2D eigenvalue weighted by atomic mass is 9.90. The van der Waals surface area contributed by atoms with Gasteiger partial charge in [0, 0.05) is 24.2 Å². The lowest BCUT2D eigenvalue weighted by Gasteiger charge is -2.14. The van der Waals surface area contributed by atoms with Crippen LogP contribution in [0.1, 0.15) is 38.3 Å². The van der Waals surface area contributed by atoms with Crippen LogP contribution >= 0.6 is 0 Å². The summed E-state index contributed by atoms with van der Waals surface area (Å²) in [7, 11) is 0. The van der Waals surface area contributed by atoms with Gasteiger partial charge in [0.1, 0.15) is 0 Å². The van der Waals surface area contributed by atoms with Crippen molar-refractivity contribution in [1.29, 1.82) is 0 Å². The Morgan fingerprint density at radius 3 is 2.21 bits per heavy atom. The fraction of sp³-hybridized carbons (Fsp3) is 0.312. The molecule has 1 aromatic carbocycles. The van der Waals surface area contributed by atoms with Gasteiger partial charge in [-0.2, -0.15) is 0 Å². The Morgan fingerprint density at radius 2 is 1.68 bits per heavy atom. The summed E-state index contributed by atoms with van der Waals surface area (Å²) in [6, 6.07) is 2.13. The highest BCUT2D eigenvalue weighted by atomic mass is 16.1. The highest BCUT2D eigenvalue weighted by molar-refractivity contribution is 6.00. The molecule has 2 aromatic rings. The van der Waals surface area contributed by atoms with E-state index in [4.69, 9.17) is 0 Å². The third-order valence-electron chi connectivity index (χ3n) is 3.60. The lowest BCUT2D eigenvalue weighted by Crippen LogP contribution is -2.11. The number of aromatic nitrogens is 2. The van der Waals surface area contributed by atoms with Gasteiger partial charge in [0.25, 0.3) is 0 Å². The maximum absolute atomic E-state index is 12.5. The molecule has 98 valence electrons. The van der Waals surface area contributed by atoms with Crippen molar-refractivity contribution in [1.82, 2.24) is 9.97 Å². The minimum absolute atomic E-state index is 0.113. The van der Waals surface area contributed by atoms with Crippen molar-refractivity contribution < 1.29 is 4.79 Å². The molecule has 3 nitrogen and oxygen atoms in total. The first-order valence-corrected chi connectivity index (χ1v) is 6.36. The van der Waals surface area contributed by atoms with E-state index in [1.807, 2.05) is 27.7 Å². The van der Waals surface area contributed by atoms with Crippen LogP contribution in [0, 0.1) is 27.7 Å². The Bertz CT molecular complexity index is 592. The predicted octanol–water partition coefficient (Wildman–Crippen LogP) is 3.14. The van der Waals surface area contributed by atoms with Crippen LogP contribution in [-0.2, 0) is 6.42 Å². The molecule has 0 saturated carbocycles. The molecule has 0 atom stereocenters. The summed E-state index contributed by atoms with van der Waals surface area (Å²) in [5, 5.41) is 0. The van der Waals surface area contributed by atoms with Crippen LogP contribution in [0.2, 0.25) is 0 Å². The highest BCUT2D eigenvalue weighted by Gasteiger charge is 2.16. The summed E-state index contributed by atoms with van der Waals surface area (Å²) in [5.41, 5.74) is 6.00. The fourth-order valence-electron chi connectivity index (χ4n) is 2.31. The monoisotopic (exact) mass is 254 g/mol. The van der Waals surface area contributed by atoms with Crippen molar-refractivity contribution in [3.8, 4) is 0 Å². The molecule has 0 radical (unpaired) electrons. The second-order valence-corrected chi connectivity index (χ2v) is 4.93. The van der Waals surface area contributed by atoms with E-state index >= 15 is 0 Å². The molecule has 0 aliphatic carbocycles. The van der Waals surface area contributed by atoms with Crippen molar-refractivity contribution in [3.05, 3.63) is 58.2 Å². The summed E-state index contributed by atoms with van der Waals surface area (Å²) >= 11 is 0. The van der Waals surface area contributed by atoms with Gasteiger partial charge < -0.3 is 0 Å². The Balaban J connectivity index is 2.40. The molecular formula is C16H18N2O. The molecule has 0 saturated heterocycles. The smallest absolute Gasteiger partial charge is 0.169 e. The van der Waals surface area contributed by atoms with Crippen molar-refractivity contribution in [2.45, 2.75) is 34.1 Å². The van der Waals surface area contributed by atoms with Crippen LogP contribution < -0.4 is 0 Å². The number of hydrogen-bond acceptors (Lipinski definition) is 3. The Hall–Kier alpha value is -2.03. The highest BCUT2D eigenvalue weighted by Crippen LogP contribution is 2.22. The van der Waals surface area contributed by atoms with E-state index in [9.17, 15) is 4.79 Å². The molecule has 1 aromatic heterocycles. The van der Waals surface area contributed by atoms with Gasteiger partial charge in [0.15, 0.2) is 5.78 Å². The van der Waals surface area contributed by atoms with Gasteiger partial charge in [-0.25, -0.2) is 0 Å². The molecular weight excluding hydrogens is 236 g/mol. The summed E-state index contributed by atoms with van der Waals surface area (Å²) in [4.78, 5) is 20.7. The number of ketones is 1. The van der Waals surface area contributed by atoms with Crippen molar-refractivity contribution in [2.75, 3.05) is 0 Å². The Kier molecular flexibility index (Phi) is 3.74. The van der Waals surface area contributed by atoms with E-state index in [-0.39, 0.29) is 5.78 Å². The molecule has 0 bridgehead atoms. The first-order valence-electron chi connectivity index (χ1n) is 6.36. The minimum atomic E-state index is 0.113. The second kappa shape index (κ2) is 5.31. The van der Waals surface area contributed by atoms with Crippen LogP contribution in [0.25, 0.3) is 0 Å². The molecule has 19 heavy (non-hydrogen) atoms.